The third-order valence-corrected chi connectivity index (χ3v) is 3.90. The topological polar surface area (TPSA) is 43.0 Å². The SMILES string of the molecule is CCc1nn(C)cc1CNCc1c(Cl)oc2ccccc12. The molecular weight excluding hydrogens is 286 g/mol. The zero-order chi connectivity index (χ0) is 14.8. The van der Waals surface area contributed by atoms with Gasteiger partial charge in [-0.05, 0) is 24.1 Å². The lowest BCUT2D eigenvalue weighted by Gasteiger charge is -2.03. The standard InChI is InChI=1S/C16H18ClN3O/c1-3-14-11(10-20(2)19-14)8-18-9-13-12-6-4-5-7-15(12)21-16(13)17/h4-7,10,18H,3,8-9H2,1-2H3. The Labute approximate surface area is 128 Å². The minimum atomic E-state index is 0.464. The van der Waals surface area contributed by atoms with Crippen LogP contribution in [0.2, 0.25) is 5.22 Å². The molecule has 0 atom stereocenters. The molecule has 0 amide bonds. The first-order valence-electron chi connectivity index (χ1n) is 7.07. The van der Waals surface area contributed by atoms with E-state index in [1.807, 2.05) is 36.0 Å². The highest BCUT2D eigenvalue weighted by atomic mass is 35.5. The van der Waals surface area contributed by atoms with E-state index in [0.717, 1.165) is 35.2 Å². The molecule has 0 saturated heterocycles. The predicted octanol–water partition coefficient (Wildman–Crippen LogP) is 3.67. The molecule has 3 rings (SSSR count). The molecule has 0 aliphatic heterocycles. The van der Waals surface area contributed by atoms with Crippen LogP contribution < -0.4 is 5.32 Å². The molecule has 5 heteroatoms. The van der Waals surface area contributed by atoms with Gasteiger partial charge in [0.15, 0.2) is 5.22 Å². The van der Waals surface area contributed by atoms with Gasteiger partial charge in [-0.15, -0.1) is 0 Å². The van der Waals surface area contributed by atoms with Gasteiger partial charge in [-0.2, -0.15) is 5.10 Å². The van der Waals surface area contributed by atoms with E-state index in [4.69, 9.17) is 16.0 Å². The summed E-state index contributed by atoms with van der Waals surface area (Å²) in [5.41, 5.74) is 4.20. The number of furan rings is 1. The van der Waals surface area contributed by atoms with Gasteiger partial charge in [-0.25, -0.2) is 0 Å². The largest absolute Gasteiger partial charge is 0.444 e. The first-order valence-corrected chi connectivity index (χ1v) is 7.45. The Bertz CT molecular complexity index is 760. The molecule has 3 aromatic rings. The summed E-state index contributed by atoms with van der Waals surface area (Å²) in [5, 5.41) is 9.40. The van der Waals surface area contributed by atoms with E-state index < -0.39 is 0 Å². The van der Waals surface area contributed by atoms with Crippen molar-refractivity contribution in [3.63, 3.8) is 0 Å². The van der Waals surface area contributed by atoms with Gasteiger partial charge in [-0.1, -0.05) is 25.1 Å². The fourth-order valence-electron chi connectivity index (χ4n) is 2.58. The van der Waals surface area contributed by atoms with Gasteiger partial charge >= 0.3 is 0 Å². The van der Waals surface area contributed by atoms with Crippen LogP contribution in [0.3, 0.4) is 0 Å². The molecule has 1 aromatic carbocycles. The van der Waals surface area contributed by atoms with Crippen molar-refractivity contribution in [3.8, 4) is 0 Å². The highest BCUT2D eigenvalue weighted by molar-refractivity contribution is 6.30. The van der Waals surface area contributed by atoms with Crippen LogP contribution in [0.5, 0.6) is 0 Å². The highest BCUT2D eigenvalue weighted by Gasteiger charge is 2.12. The number of hydrogen-bond donors (Lipinski definition) is 1. The number of nitrogens with one attached hydrogen (secondary N) is 1. The summed E-state index contributed by atoms with van der Waals surface area (Å²) in [6.07, 6.45) is 2.99. The third-order valence-electron chi connectivity index (χ3n) is 3.59. The maximum Gasteiger partial charge on any atom is 0.199 e. The summed E-state index contributed by atoms with van der Waals surface area (Å²) in [6.45, 7) is 3.56. The van der Waals surface area contributed by atoms with Gasteiger partial charge in [0, 0.05) is 42.8 Å². The van der Waals surface area contributed by atoms with Crippen LogP contribution in [0.1, 0.15) is 23.7 Å². The van der Waals surface area contributed by atoms with Crippen LogP contribution in [0.25, 0.3) is 11.0 Å². The van der Waals surface area contributed by atoms with Gasteiger partial charge < -0.3 is 9.73 Å². The Morgan fingerprint density at radius 1 is 1.29 bits per heavy atom. The van der Waals surface area contributed by atoms with Crippen LogP contribution in [-0.2, 0) is 26.6 Å². The summed E-state index contributed by atoms with van der Waals surface area (Å²) in [7, 11) is 1.95. The van der Waals surface area contributed by atoms with E-state index in [2.05, 4.69) is 23.5 Å². The normalized spacial score (nSPS) is 11.4. The highest BCUT2D eigenvalue weighted by Crippen LogP contribution is 2.29. The Kier molecular flexibility index (Phi) is 3.99. The van der Waals surface area contributed by atoms with Crippen molar-refractivity contribution in [2.75, 3.05) is 0 Å². The predicted molar refractivity (Wildman–Crippen MR) is 84.4 cm³/mol. The average Bonchev–Trinajstić information content (AvgIpc) is 2.99. The Morgan fingerprint density at radius 2 is 2.10 bits per heavy atom. The van der Waals surface area contributed by atoms with Crippen molar-refractivity contribution < 1.29 is 4.42 Å². The molecule has 0 bridgehead atoms. The second kappa shape index (κ2) is 5.92. The van der Waals surface area contributed by atoms with Crippen molar-refractivity contribution in [1.82, 2.24) is 15.1 Å². The molecular formula is C16H18ClN3O. The maximum absolute atomic E-state index is 6.19. The van der Waals surface area contributed by atoms with Crippen molar-refractivity contribution >= 4 is 22.6 Å². The monoisotopic (exact) mass is 303 g/mol. The maximum atomic E-state index is 6.19. The van der Waals surface area contributed by atoms with E-state index in [1.54, 1.807) is 0 Å². The van der Waals surface area contributed by atoms with Gasteiger partial charge in [0.05, 0.1) is 5.69 Å². The summed E-state index contributed by atoms with van der Waals surface area (Å²) in [4.78, 5) is 0. The van der Waals surface area contributed by atoms with Crippen LogP contribution >= 0.6 is 11.6 Å². The summed E-state index contributed by atoms with van der Waals surface area (Å²) in [5.74, 6) is 0. The number of benzene rings is 1. The van der Waals surface area contributed by atoms with Gasteiger partial charge in [0.1, 0.15) is 5.58 Å². The minimum Gasteiger partial charge on any atom is -0.444 e. The number of aromatic nitrogens is 2. The zero-order valence-corrected chi connectivity index (χ0v) is 12.9. The smallest absolute Gasteiger partial charge is 0.199 e. The van der Waals surface area contributed by atoms with E-state index in [9.17, 15) is 0 Å². The summed E-state index contributed by atoms with van der Waals surface area (Å²) >= 11 is 6.19. The number of rotatable bonds is 5. The molecule has 2 heterocycles. The lowest BCUT2D eigenvalue weighted by atomic mass is 10.1. The quantitative estimate of drug-likeness (QED) is 0.782. The minimum absolute atomic E-state index is 0.464. The molecule has 0 radical (unpaired) electrons. The van der Waals surface area contributed by atoms with Gasteiger partial charge in [0.2, 0.25) is 0 Å². The molecule has 110 valence electrons. The van der Waals surface area contributed by atoms with E-state index >= 15 is 0 Å². The molecule has 0 spiro atoms. The van der Waals surface area contributed by atoms with Gasteiger partial charge in [0.25, 0.3) is 0 Å². The first-order chi connectivity index (χ1) is 10.2. The second-order valence-electron chi connectivity index (χ2n) is 5.08. The molecule has 21 heavy (non-hydrogen) atoms. The van der Waals surface area contributed by atoms with Crippen molar-refractivity contribution in [1.29, 1.82) is 0 Å². The number of para-hydroxylation sites is 1. The molecule has 0 fully saturated rings. The van der Waals surface area contributed by atoms with Crippen molar-refractivity contribution in [3.05, 3.63) is 52.5 Å². The van der Waals surface area contributed by atoms with Crippen LogP contribution in [0, 0.1) is 0 Å². The Balaban J connectivity index is 1.73. The fraction of sp³-hybridized carbons (Fsp3) is 0.312. The third kappa shape index (κ3) is 2.82. The van der Waals surface area contributed by atoms with Crippen molar-refractivity contribution in [2.45, 2.75) is 26.4 Å². The number of aryl methyl sites for hydroxylation is 2. The van der Waals surface area contributed by atoms with Crippen molar-refractivity contribution in [2.24, 2.45) is 7.05 Å². The Morgan fingerprint density at radius 3 is 2.90 bits per heavy atom. The second-order valence-corrected chi connectivity index (χ2v) is 5.43. The average molecular weight is 304 g/mol. The molecule has 0 aliphatic rings. The summed E-state index contributed by atoms with van der Waals surface area (Å²) < 4.78 is 7.42. The lowest BCUT2D eigenvalue weighted by molar-refractivity contribution is 0.604. The van der Waals surface area contributed by atoms with E-state index in [0.29, 0.717) is 11.8 Å². The molecule has 2 aromatic heterocycles. The van der Waals surface area contributed by atoms with E-state index in [1.165, 1.54) is 5.56 Å². The molecule has 0 saturated carbocycles. The van der Waals surface area contributed by atoms with Crippen LogP contribution in [0.15, 0.2) is 34.9 Å². The first kappa shape index (κ1) is 14.2. The lowest BCUT2D eigenvalue weighted by Crippen LogP contribution is -2.13. The number of nitrogens with zero attached hydrogens (tertiary/aromatic N) is 2. The van der Waals surface area contributed by atoms with Crippen LogP contribution in [0.4, 0.5) is 0 Å². The number of hydrogen-bond acceptors (Lipinski definition) is 3. The molecule has 4 nitrogen and oxygen atoms in total. The number of fused-ring (bicyclic) bond motifs is 1. The zero-order valence-electron chi connectivity index (χ0n) is 12.2. The summed E-state index contributed by atoms with van der Waals surface area (Å²) in [6, 6.07) is 7.90. The van der Waals surface area contributed by atoms with E-state index in [-0.39, 0.29) is 0 Å². The molecule has 1 N–H and O–H groups in total. The fourth-order valence-corrected chi connectivity index (χ4v) is 2.84. The molecule has 0 unspecified atom stereocenters. The number of halogens is 1. The Hall–Kier alpha value is -1.78. The van der Waals surface area contributed by atoms with Gasteiger partial charge in [-0.3, -0.25) is 4.68 Å². The van der Waals surface area contributed by atoms with Crippen LogP contribution in [-0.4, -0.2) is 9.78 Å². The molecule has 0 aliphatic carbocycles.